The van der Waals surface area contributed by atoms with Crippen LogP contribution in [-0.2, 0) is 0 Å². The van der Waals surface area contributed by atoms with Crippen LogP contribution in [0.1, 0.15) is 57.1 Å². The highest BCUT2D eigenvalue weighted by molar-refractivity contribution is 5.54. The molecule has 0 spiro atoms. The van der Waals surface area contributed by atoms with Crippen LogP contribution in [0.25, 0.3) is 0 Å². The molecule has 0 amide bonds. The van der Waals surface area contributed by atoms with Crippen LogP contribution < -0.4 is 10.5 Å². The normalized spacial score (nSPS) is 17.6. The van der Waals surface area contributed by atoms with Crippen molar-refractivity contribution in [2.24, 2.45) is 0 Å². The Kier molecular flexibility index (Phi) is 6.52. The molecule has 2 rings (SSSR count). The summed E-state index contributed by atoms with van der Waals surface area (Å²) < 4.78 is 5.43. The van der Waals surface area contributed by atoms with E-state index in [0.717, 1.165) is 18.5 Å². The second-order valence-corrected chi connectivity index (χ2v) is 6.31. The fraction of sp³-hybridized carbons (Fsp3) is 0.667. The Balaban J connectivity index is 1.86. The molecule has 0 saturated heterocycles. The lowest BCUT2D eigenvalue weighted by atomic mass is 9.94. The maximum atomic E-state index is 10.4. The molecule has 1 atom stereocenters. The maximum Gasteiger partial charge on any atom is 0.142 e. The third kappa shape index (κ3) is 4.62. The molecule has 1 saturated carbocycles. The number of nitrogens with zero attached hydrogens (tertiary/aromatic N) is 1. The summed E-state index contributed by atoms with van der Waals surface area (Å²) >= 11 is 0. The Bertz CT molecular complexity index is 458. The smallest absolute Gasteiger partial charge is 0.142 e. The molecule has 0 aliphatic heterocycles. The van der Waals surface area contributed by atoms with Crippen molar-refractivity contribution in [1.29, 1.82) is 0 Å². The van der Waals surface area contributed by atoms with Crippen molar-refractivity contribution in [3.63, 3.8) is 0 Å². The van der Waals surface area contributed by atoms with Gasteiger partial charge in [0, 0.05) is 12.6 Å². The monoisotopic (exact) mass is 306 g/mol. The highest BCUT2D eigenvalue weighted by atomic mass is 16.5. The number of rotatable bonds is 7. The number of nitrogen functional groups attached to an aromatic ring is 1. The summed E-state index contributed by atoms with van der Waals surface area (Å²) in [4.78, 5) is 2.40. The van der Waals surface area contributed by atoms with E-state index in [2.05, 4.69) is 11.9 Å². The van der Waals surface area contributed by atoms with Gasteiger partial charge in [-0.2, -0.15) is 0 Å². The van der Waals surface area contributed by atoms with Gasteiger partial charge in [0.2, 0.25) is 0 Å². The summed E-state index contributed by atoms with van der Waals surface area (Å²) in [5.41, 5.74) is 7.44. The molecule has 0 heterocycles. The van der Waals surface area contributed by atoms with Crippen molar-refractivity contribution < 1.29 is 9.84 Å². The van der Waals surface area contributed by atoms with Gasteiger partial charge in [0.25, 0.3) is 0 Å². The first-order valence-electron chi connectivity index (χ1n) is 8.52. The summed E-state index contributed by atoms with van der Waals surface area (Å²) in [5.74, 6) is 0.692. The van der Waals surface area contributed by atoms with Gasteiger partial charge < -0.3 is 20.5 Å². The second-order valence-electron chi connectivity index (χ2n) is 6.31. The molecule has 0 bridgehead atoms. The first kappa shape index (κ1) is 17.1. The Morgan fingerprint density at radius 3 is 2.68 bits per heavy atom. The van der Waals surface area contributed by atoms with Crippen LogP contribution >= 0.6 is 0 Å². The first-order valence-corrected chi connectivity index (χ1v) is 8.52. The largest absolute Gasteiger partial charge is 0.492 e. The van der Waals surface area contributed by atoms with Gasteiger partial charge in [0.15, 0.2) is 0 Å². The molecular weight excluding hydrogens is 276 g/mol. The van der Waals surface area contributed by atoms with Gasteiger partial charge in [-0.1, -0.05) is 25.3 Å². The quantitative estimate of drug-likeness (QED) is 0.758. The summed E-state index contributed by atoms with van der Waals surface area (Å²) in [6, 6.07) is 6.27. The number of aliphatic hydroxyl groups is 1. The topological polar surface area (TPSA) is 58.7 Å². The van der Waals surface area contributed by atoms with E-state index in [1.165, 1.54) is 32.1 Å². The first-order chi connectivity index (χ1) is 10.6. The molecule has 1 aromatic rings. The van der Waals surface area contributed by atoms with E-state index in [1.807, 2.05) is 25.1 Å². The Hall–Kier alpha value is -1.26. The highest BCUT2D eigenvalue weighted by Crippen LogP contribution is 2.28. The third-order valence-corrected chi connectivity index (χ3v) is 4.67. The van der Waals surface area contributed by atoms with Gasteiger partial charge in [-0.15, -0.1) is 0 Å². The zero-order valence-corrected chi connectivity index (χ0v) is 13.9. The standard InChI is InChI=1S/C18H30N2O2/c1-3-22-18-10-9-14(13-16(18)19)17(21)11-12-20(2)15-7-5-4-6-8-15/h9-10,13,15,17,21H,3-8,11-12,19H2,1-2H3. The van der Waals surface area contributed by atoms with Crippen LogP contribution in [0.2, 0.25) is 0 Å². The lowest BCUT2D eigenvalue weighted by Gasteiger charge is -2.31. The fourth-order valence-electron chi connectivity index (χ4n) is 3.26. The van der Waals surface area contributed by atoms with Gasteiger partial charge in [-0.3, -0.25) is 0 Å². The van der Waals surface area contributed by atoms with Crippen LogP contribution in [0, 0.1) is 0 Å². The molecule has 4 heteroatoms. The van der Waals surface area contributed by atoms with Crippen molar-refractivity contribution in [2.75, 3.05) is 25.9 Å². The minimum absolute atomic E-state index is 0.469. The Morgan fingerprint density at radius 2 is 2.05 bits per heavy atom. The molecule has 22 heavy (non-hydrogen) atoms. The average molecular weight is 306 g/mol. The molecule has 1 aliphatic carbocycles. The highest BCUT2D eigenvalue weighted by Gasteiger charge is 2.19. The summed E-state index contributed by atoms with van der Waals surface area (Å²) in [6.07, 6.45) is 6.91. The lowest BCUT2D eigenvalue weighted by Crippen LogP contribution is -2.34. The lowest BCUT2D eigenvalue weighted by molar-refractivity contribution is 0.125. The third-order valence-electron chi connectivity index (χ3n) is 4.67. The summed E-state index contributed by atoms with van der Waals surface area (Å²) in [5, 5.41) is 10.4. The minimum Gasteiger partial charge on any atom is -0.492 e. The number of nitrogens with two attached hydrogens (primary N) is 1. The molecular formula is C18H30N2O2. The van der Waals surface area contributed by atoms with E-state index in [4.69, 9.17) is 10.5 Å². The summed E-state index contributed by atoms with van der Waals surface area (Å²) in [6.45, 7) is 3.44. The number of hydrogen-bond acceptors (Lipinski definition) is 4. The van der Waals surface area contributed by atoms with Crippen molar-refractivity contribution in [2.45, 2.75) is 57.6 Å². The Morgan fingerprint density at radius 1 is 1.32 bits per heavy atom. The van der Waals surface area contributed by atoms with Crippen LogP contribution in [-0.4, -0.2) is 36.2 Å². The number of anilines is 1. The number of ether oxygens (including phenoxy) is 1. The van der Waals surface area contributed by atoms with Crippen LogP contribution in [0.4, 0.5) is 5.69 Å². The molecule has 0 radical (unpaired) electrons. The molecule has 0 aromatic heterocycles. The average Bonchev–Trinajstić information content (AvgIpc) is 2.55. The van der Waals surface area contributed by atoms with Gasteiger partial charge >= 0.3 is 0 Å². The minimum atomic E-state index is -0.469. The maximum absolute atomic E-state index is 10.4. The fourth-order valence-corrected chi connectivity index (χ4v) is 3.26. The van der Waals surface area contributed by atoms with E-state index in [1.54, 1.807) is 0 Å². The Labute approximate surface area is 134 Å². The molecule has 1 aromatic carbocycles. The predicted octanol–water partition coefficient (Wildman–Crippen LogP) is 3.36. The van der Waals surface area contributed by atoms with Crippen LogP contribution in [0.5, 0.6) is 5.75 Å². The van der Waals surface area contributed by atoms with Crippen molar-refractivity contribution in [3.8, 4) is 5.75 Å². The van der Waals surface area contributed by atoms with E-state index in [0.29, 0.717) is 24.1 Å². The predicted molar refractivity (Wildman–Crippen MR) is 91.1 cm³/mol. The SMILES string of the molecule is CCOc1ccc(C(O)CCN(C)C2CCCCC2)cc1N. The van der Waals surface area contributed by atoms with Crippen LogP contribution in [0.15, 0.2) is 18.2 Å². The van der Waals surface area contributed by atoms with Gasteiger partial charge in [-0.25, -0.2) is 0 Å². The molecule has 1 aliphatic rings. The zero-order valence-electron chi connectivity index (χ0n) is 13.9. The van der Waals surface area contributed by atoms with Crippen LogP contribution in [0.3, 0.4) is 0 Å². The summed E-state index contributed by atoms with van der Waals surface area (Å²) in [7, 11) is 2.18. The van der Waals surface area contributed by atoms with E-state index in [9.17, 15) is 5.11 Å². The molecule has 3 N–H and O–H groups in total. The number of aliphatic hydroxyl groups excluding tert-OH is 1. The van der Waals surface area contributed by atoms with E-state index in [-0.39, 0.29) is 0 Å². The van der Waals surface area contributed by atoms with Gasteiger partial charge in [-0.05, 0) is 50.9 Å². The van der Waals surface area contributed by atoms with E-state index < -0.39 is 6.10 Å². The molecule has 1 unspecified atom stereocenters. The molecule has 1 fully saturated rings. The molecule has 4 nitrogen and oxygen atoms in total. The van der Waals surface area contributed by atoms with Gasteiger partial charge in [0.1, 0.15) is 5.75 Å². The van der Waals surface area contributed by atoms with Crippen molar-refractivity contribution in [3.05, 3.63) is 23.8 Å². The number of hydrogen-bond donors (Lipinski definition) is 2. The van der Waals surface area contributed by atoms with E-state index >= 15 is 0 Å². The van der Waals surface area contributed by atoms with Crippen molar-refractivity contribution in [1.82, 2.24) is 4.90 Å². The second kappa shape index (κ2) is 8.39. The zero-order chi connectivity index (χ0) is 15.9. The molecule has 124 valence electrons. The van der Waals surface area contributed by atoms with Crippen molar-refractivity contribution >= 4 is 5.69 Å². The van der Waals surface area contributed by atoms with Gasteiger partial charge in [0.05, 0.1) is 18.4 Å². The number of benzene rings is 1.